The highest BCUT2D eigenvalue weighted by Gasteiger charge is 2.29. The SMILES string of the molecule is COc1ccc(C(=O)N[C@H](C(=O)NC[C@H](c2ccco2)N2CCCC2)C(C)C)cc1. The average molecular weight is 414 g/mol. The number of amides is 2. The number of methoxy groups -OCH3 is 1. The number of ether oxygens (including phenoxy) is 1. The first-order valence-corrected chi connectivity index (χ1v) is 10.5. The summed E-state index contributed by atoms with van der Waals surface area (Å²) in [5, 5.41) is 5.90. The minimum Gasteiger partial charge on any atom is -0.497 e. The molecule has 0 bridgehead atoms. The number of nitrogens with one attached hydrogen (secondary N) is 2. The van der Waals surface area contributed by atoms with Crippen LogP contribution in [0.15, 0.2) is 47.1 Å². The second-order valence-electron chi connectivity index (χ2n) is 7.94. The van der Waals surface area contributed by atoms with Crippen molar-refractivity contribution in [3.63, 3.8) is 0 Å². The van der Waals surface area contributed by atoms with Crippen molar-refractivity contribution < 1.29 is 18.7 Å². The van der Waals surface area contributed by atoms with Crippen LogP contribution in [0.4, 0.5) is 0 Å². The molecule has 7 heteroatoms. The molecule has 1 aliphatic heterocycles. The Morgan fingerprint density at radius 2 is 1.83 bits per heavy atom. The minimum absolute atomic E-state index is 0.00319. The Morgan fingerprint density at radius 3 is 2.40 bits per heavy atom. The van der Waals surface area contributed by atoms with E-state index in [-0.39, 0.29) is 23.8 Å². The number of rotatable bonds is 9. The fourth-order valence-corrected chi connectivity index (χ4v) is 3.75. The highest BCUT2D eigenvalue weighted by molar-refractivity contribution is 5.97. The van der Waals surface area contributed by atoms with Gasteiger partial charge in [0.15, 0.2) is 0 Å². The van der Waals surface area contributed by atoms with E-state index in [1.807, 2.05) is 26.0 Å². The van der Waals surface area contributed by atoms with Gasteiger partial charge in [0.25, 0.3) is 5.91 Å². The largest absolute Gasteiger partial charge is 0.497 e. The molecule has 1 saturated heterocycles. The molecule has 2 N–H and O–H groups in total. The zero-order valence-corrected chi connectivity index (χ0v) is 17.9. The number of hydrogen-bond acceptors (Lipinski definition) is 5. The fourth-order valence-electron chi connectivity index (χ4n) is 3.75. The normalized spacial score (nSPS) is 16.3. The maximum absolute atomic E-state index is 12.9. The van der Waals surface area contributed by atoms with Gasteiger partial charge < -0.3 is 19.8 Å². The monoisotopic (exact) mass is 413 g/mol. The highest BCUT2D eigenvalue weighted by Crippen LogP contribution is 2.25. The predicted octanol–water partition coefficient (Wildman–Crippen LogP) is 3.00. The van der Waals surface area contributed by atoms with Crippen LogP contribution >= 0.6 is 0 Å². The standard InChI is InChI=1S/C23H31N3O4/c1-16(2)21(25-22(27)17-8-10-18(29-3)11-9-17)23(28)24-15-19(20-7-6-14-30-20)26-12-4-5-13-26/h6-11,14,16,19,21H,4-5,12-13,15H2,1-3H3,(H,24,28)(H,25,27)/t19-,21+/m1/s1. The summed E-state index contributed by atoms with van der Waals surface area (Å²) in [7, 11) is 1.58. The lowest BCUT2D eigenvalue weighted by atomic mass is 10.0. The molecule has 0 radical (unpaired) electrons. The van der Waals surface area contributed by atoms with Gasteiger partial charge in [0.05, 0.1) is 19.4 Å². The Kier molecular flexibility index (Phi) is 7.52. The van der Waals surface area contributed by atoms with E-state index in [1.54, 1.807) is 37.6 Å². The van der Waals surface area contributed by atoms with Crippen molar-refractivity contribution in [3.05, 3.63) is 54.0 Å². The number of hydrogen-bond donors (Lipinski definition) is 2. The summed E-state index contributed by atoms with van der Waals surface area (Å²) in [4.78, 5) is 27.9. The molecule has 0 unspecified atom stereocenters. The Balaban J connectivity index is 1.63. The Hall–Kier alpha value is -2.80. The summed E-state index contributed by atoms with van der Waals surface area (Å²) in [6, 6.07) is 10.00. The van der Waals surface area contributed by atoms with E-state index in [1.165, 1.54) is 0 Å². The maximum Gasteiger partial charge on any atom is 0.251 e. The third-order valence-corrected chi connectivity index (χ3v) is 5.51. The van der Waals surface area contributed by atoms with Crippen LogP contribution < -0.4 is 15.4 Å². The van der Waals surface area contributed by atoms with E-state index in [0.29, 0.717) is 17.9 Å². The van der Waals surface area contributed by atoms with E-state index < -0.39 is 6.04 Å². The van der Waals surface area contributed by atoms with Crippen LogP contribution in [0, 0.1) is 5.92 Å². The van der Waals surface area contributed by atoms with Gasteiger partial charge in [-0.05, 0) is 68.2 Å². The number of benzene rings is 1. The molecule has 0 aliphatic carbocycles. The number of furan rings is 1. The van der Waals surface area contributed by atoms with Gasteiger partial charge in [0.2, 0.25) is 5.91 Å². The lowest BCUT2D eigenvalue weighted by Gasteiger charge is -2.28. The number of nitrogens with zero attached hydrogens (tertiary/aromatic N) is 1. The van der Waals surface area contributed by atoms with E-state index in [0.717, 1.165) is 31.7 Å². The van der Waals surface area contributed by atoms with Gasteiger partial charge in [-0.25, -0.2) is 0 Å². The summed E-state index contributed by atoms with van der Waals surface area (Å²) < 4.78 is 10.7. The summed E-state index contributed by atoms with van der Waals surface area (Å²) >= 11 is 0. The van der Waals surface area contributed by atoms with Gasteiger partial charge in [0, 0.05) is 12.1 Å². The fraction of sp³-hybridized carbons (Fsp3) is 0.478. The van der Waals surface area contributed by atoms with E-state index in [2.05, 4.69) is 15.5 Å². The van der Waals surface area contributed by atoms with Crippen molar-refractivity contribution in [2.24, 2.45) is 5.92 Å². The van der Waals surface area contributed by atoms with E-state index in [4.69, 9.17) is 9.15 Å². The van der Waals surface area contributed by atoms with Crippen LogP contribution in [0.2, 0.25) is 0 Å². The molecule has 1 aromatic carbocycles. The minimum atomic E-state index is -0.629. The zero-order chi connectivity index (χ0) is 21.5. The summed E-state index contributed by atoms with van der Waals surface area (Å²) in [5.74, 6) is 0.994. The molecule has 0 spiro atoms. The van der Waals surface area contributed by atoms with E-state index in [9.17, 15) is 9.59 Å². The molecule has 2 aromatic rings. The van der Waals surface area contributed by atoms with Crippen LogP contribution in [0.1, 0.15) is 48.8 Å². The zero-order valence-electron chi connectivity index (χ0n) is 17.9. The molecule has 30 heavy (non-hydrogen) atoms. The van der Waals surface area contributed by atoms with Crippen molar-refractivity contribution in [2.45, 2.75) is 38.8 Å². The first-order valence-electron chi connectivity index (χ1n) is 10.5. The summed E-state index contributed by atoms with van der Waals surface area (Å²) in [6.45, 7) is 6.26. The molecule has 7 nitrogen and oxygen atoms in total. The van der Waals surface area contributed by atoms with Gasteiger partial charge in [0.1, 0.15) is 17.6 Å². The first-order chi connectivity index (χ1) is 14.5. The summed E-state index contributed by atoms with van der Waals surface area (Å²) in [6.07, 6.45) is 3.96. The lowest BCUT2D eigenvalue weighted by Crippen LogP contribution is -2.51. The quantitative estimate of drug-likeness (QED) is 0.660. The number of carbonyl (C=O) groups excluding carboxylic acids is 2. The van der Waals surface area contributed by atoms with Crippen LogP contribution in [0.3, 0.4) is 0 Å². The third-order valence-electron chi connectivity index (χ3n) is 5.51. The number of likely N-dealkylation sites (tertiary alicyclic amines) is 1. The predicted molar refractivity (Wildman–Crippen MR) is 114 cm³/mol. The molecule has 1 aromatic heterocycles. The van der Waals surface area contributed by atoms with Gasteiger partial charge in [-0.2, -0.15) is 0 Å². The average Bonchev–Trinajstić information content (AvgIpc) is 3.46. The van der Waals surface area contributed by atoms with Crippen LogP contribution in [-0.4, -0.2) is 49.5 Å². The molecular weight excluding hydrogens is 382 g/mol. The summed E-state index contributed by atoms with van der Waals surface area (Å²) in [5.41, 5.74) is 0.486. The molecule has 2 atom stereocenters. The topological polar surface area (TPSA) is 83.8 Å². The van der Waals surface area contributed by atoms with E-state index >= 15 is 0 Å². The van der Waals surface area contributed by atoms with Crippen LogP contribution in [0.25, 0.3) is 0 Å². The van der Waals surface area contributed by atoms with Crippen molar-refractivity contribution >= 4 is 11.8 Å². The Morgan fingerprint density at radius 1 is 1.13 bits per heavy atom. The van der Waals surface area contributed by atoms with Crippen LogP contribution in [-0.2, 0) is 4.79 Å². The van der Waals surface area contributed by atoms with Crippen molar-refractivity contribution in [3.8, 4) is 5.75 Å². The molecular formula is C23H31N3O4. The molecule has 2 heterocycles. The molecule has 1 aliphatic rings. The van der Waals surface area contributed by atoms with Crippen molar-refractivity contribution in [1.82, 2.24) is 15.5 Å². The molecule has 2 amide bonds. The second-order valence-corrected chi connectivity index (χ2v) is 7.94. The second kappa shape index (κ2) is 10.3. The highest BCUT2D eigenvalue weighted by atomic mass is 16.5. The number of carbonyl (C=O) groups is 2. The van der Waals surface area contributed by atoms with Gasteiger partial charge >= 0.3 is 0 Å². The first kappa shape index (κ1) is 21.9. The Bertz CT molecular complexity index is 811. The lowest BCUT2D eigenvalue weighted by molar-refractivity contribution is -0.124. The maximum atomic E-state index is 12.9. The van der Waals surface area contributed by atoms with Crippen molar-refractivity contribution in [2.75, 3.05) is 26.7 Å². The Labute approximate surface area is 177 Å². The smallest absolute Gasteiger partial charge is 0.251 e. The van der Waals surface area contributed by atoms with Crippen molar-refractivity contribution in [1.29, 1.82) is 0 Å². The molecule has 3 rings (SSSR count). The van der Waals surface area contributed by atoms with Gasteiger partial charge in [-0.15, -0.1) is 0 Å². The molecule has 1 fully saturated rings. The molecule has 0 saturated carbocycles. The van der Waals surface area contributed by atoms with Gasteiger partial charge in [-0.1, -0.05) is 13.8 Å². The van der Waals surface area contributed by atoms with Crippen LogP contribution in [0.5, 0.6) is 5.75 Å². The van der Waals surface area contributed by atoms with Gasteiger partial charge in [-0.3, -0.25) is 14.5 Å². The third kappa shape index (κ3) is 5.42. The molecule has 162 valence electrons.